The van der Waals surface area contributed by atoms with Gasteiger partial charge in [0.25, 0.3) is 0 Å². The van der Waals surface area contributed by atoms with E-state index in [4.69, 9.17) is 5.11 Å². The summed E-state index contributed by atoms with van der Waals surface area (Å²) in [6.07, 6.45) is 5.24. The molecule has 2 amide bonds. The Morgan fingerprint density at radius 1 is 1.25 bits per heavy atom. The van der Waals surface area contributed by atoms with Gasteiger partial charge >= 0.3 is 12.0 Å². The van der Waals surface area contributed by atoms with E-state index in [1.807, 2.05) is 6.92 Å². The lowest BCUT2D eigenvalue weighted by molar-refractivity contribution is -0.141. The maximum Gasteiger partial charge on any atom is 0.317 e. The molecule has 0 bridgehead atoms. The van der Waals surface area contributed by atoms with Crippen molar-refractivity contribution in [1.29, 1.82) is 0 Å². The van der Waals surface area contributed by atoms with Crippen molar-refractivity contribution in [3.63, 3.8) is 0 Å². The number of carbonyl (C=O) groups is 2. The Balaban J connectivity index is 1.77. The first kappa shape index (κ1) is 15.1. The Labute approximate surface area is 120 Å². The summed E-state index contributed by atoms with van der Waals surface area (Å²) in [5.74, 6) is 0.898. The minimum absolute atomic E-state index is 0.119. The van der Waals surface area contributed by atoms with Crippen molar-refractivity contribution in [3.05, 3.63) is 0 Å². The van der Waals surface area contributed by atoms with Gasteiger partial charge in [-0.05, 0) is 50.4 Å². The molecule has 0 heterocycles. The van der Waals surface area contributed by atoms with Gasteiger partial charge in [0.1, 0.15) is 0 Å². The van der Waals surface area contributed by atoms with Gasteiger partial charge in [0.05, 0.1) is 5.92 Å². The highest BCUT2D eigenvalue weighted by Crippen LogP contribution is 2.48. The molecule has 0 aromatic rings. The van der Waals surface area contributed by atoms with E-state index < -0.39 is 11.9 Å². The largest absolute Gasteiger partial charge is 0.481 e. The van der Waals surface area contributed by atoms with E-state index in [9.17, 15) is 9.59 Å². The quantitative estimate of drug-likeness (QED) is 0.717. The molecule has 2 N–H and O–H groups in total. The fourth-order valence-electron chi connectivity index (χ4n) is 2.85. The summed E-state index contributed by atoms with van der Waals surface area (Å²) >= 11 is 0. The average molecular weight is 282 g/mol. The van der Waals surface area contributed by atoms with Crippen LogP contribution in [0.3, 0.4) is 0 Å². The zero-order valence-corrected chi connectivity index (χ0v) is 12.5. The summed E-state index contributed by atoms with van der Waals surface area (Å²) in [5.41, 5.74) is 0. The van der Waals surface area contributed by atoms with Crippen LogP contribution in [0.5, 0.6) is 0 Å². The molecule has 2 saturated carbocycles. The van der Waals surface area contributed by atoms with Crippen LogP contribution in [0.15, 0.2) is 0 Å². The molecule has 0 saturated heterocycles. The molecular weight excluding hydrogens is 256 g/mol. The molecule has 0 radical (unpaired) electrons. The van der Waals surface area contributed by atoms with E-state index in [2.05, 4.69) is 5.32 Å². The van der Waals surface area contributed by atoms with Gasteiger partial charge < -0.3 is 15.3 Å². The van der Waals surface area contributed by atoms with E-state index >= 15 is 0 Å². The number of nitrogens with one attached hydrogen (secondary N) is 1. The van der Waals surface area contributed by atoms with E-state index in [1.54, 1.807) is 11.8 Å². The lowest BCUT2D eigenvalue weighted by atomic mass is 9.98. The van der Waals surface area contributed by atoms with Crippen molar-refractivity contribution in [1.82, 2.24) is 10.2 Å². The second-order valence-electron chi connectivity index (χ2n) is 6.30. The van der Waals surface area contributed by atoms with Crippen LogP contribution in [0.2, 0.25) is 0 Å². The van der Waals surface area contributed by atoms with Crippen molar-refractivity contribution in [2.24, 2.45) is 23.7 Å². The molecule has 0 aromatic heterocycles. The van der Waals surface area contributed by atoms with Crippen molar-refractivity contribution < 1.29 is 14.7 Å². The van der Waals surface area contributed by atoms with E-state index in [0.29, 0.717) is 12.5 Å². The highest BCUT2D eigenvalue weighted by molar-refractivity contribution is 5.75. The third-order valence-corrected chi connectivity index (χ3v) is 4.53. The Bertz CT molecular complexity index is 352. The number of nitrogens with zero attached hydrogens (tertiary/aromatic N) is 1. The van der Waals surface area contributed by atoms with Crippen LogP contribution < -0.4 is 5.32 Å². The normalized spacial score (nSPS) is 19.8. The molecule has 2 aliphatic rings. The molecule has 114 valence electrons. The maximum atomic E-state index is 12.1. The molecule has 1 atom stereocenters. The standard InChI is InChI=1S/C15H26N2O3/c1-3-17(9-10(2)14(18)19)15(20)16-8-13(11-4-5-11)12-6-7-12/h10-13H,3-9H2,1-2H3,(H,16,20)(H,18,19). The van der Waals surface area contributed by atoms with Crippen LogP contribution in [-0.4, -0.2) is 41.6 Å². The summed E-state index contributed by atoms with van der Waals surface area (Å²) < 4.78 is 0. The van der Waals surface area contributed by atoms with Gasteiger partial charge in [-0.15, -0.1) is 0 Å². The van der Waals surface area contributed by atoms with Gasteiger partial charge in [-0.1, -0.05) is 6.92 Å². The molecule has 2 fully saturated rings. The smallest absolute Gasteiger partial charge is 0.317 e. The van der Waals surface area contributed by atoms with Crippen LogP contribution in [0, 0.1) is 23.7 Å². The van der Waals surface area contributed by atoms with Gasteiger partial charge in [-0.2, -0.15) is 0 Å². The molecule has 1 unspecified atom stereocenters. The lowest BCUT2D eigenvalue weighted by Crippen LogP contribution is -2.45. The third kappa shape index (κ3) is 4.12. The monoisotopic (exact) mass is 282 g/mol. The predicted molar refractivity (Wildman–Crippen MR) is 76.4 cm³/mol. The SMILES string of the molecule is CCN(CC(C)C(=O)O)C(=O)NCC(C1CC1)C1CC1. The highest BCUT2D eigenvalue weighted by Gasteiger charge is 2.41. The Hall–Kier alpha value is -1.26. The van der Waals surface area contributed by atoms with Gasteiger partial charge in [0, 0.05) is 19.6 Å². The lowest BCUT2D eigenvalue weighted by Gasteiger charge is -2.25. The molecule has 0 aromatic carbocycles. The summed E-state index contributed by atoms with van der Waals surface area (Å²) in [4.78, 5) is 24.6. The molecule has 5 heteroatoms. The van der Waals surface area contributed by atoms with E-state index in [0.717, 1.165) is 18.4 Å². The van der Waals surface area contributed by atoms with Crippen molar-refractivity contribution in [2.75, 3.05) is 19.6 Å². The number of rotatable bonds is 8. The first-order chi connectivity index (χ1) is 9.52. The van der Waals surface area contributed by atoms with Crippen LogP contribution in [0.25, 0.3) is 0 Å². The summed E-state index contributed by atoms with van der Waals surface area (Å²) in [6.45, 7) is 5.09. The summed E-state index contributed by atoms with van der Waals surface area (Å²) in [7, 11) is 0. The zero-order chi connectivity index (χ0) is 14.7. The second-order valence-corrected chi connectivity index (χ2v) is 6.30. The fraction of sp³-hybridized carbons (Fsp3) is 0.867. The molecule has 2 rings (SSSR count). The first-order valence-electron chi connectivity index (χ1n) is 7.78. The van der Waals surface area contributed by atoms with Crippen molar-refractivity contribution >= 4 is 12.0 Å². The van der Waals surface area contributed by atoms with Crippen LogP contribution >= 0.6 is 0 Å². The maximum absolute atomic E-state index is 12.1. The van der Waals surface area contributed by atoms with Crippen LogP contribution in [0.4, 0.5) is 4.79 Å². The number of carbonyl (C=O) groups excluding carboxylic acids is 1. The van der Waals surface area contributed by atoms with E-state index in [-0.39, 0.29) is 12.6 Å². The molecule has 0 spiro atoms. The van der Waals surface area contributed by atoms with Crippen molar-refractivity contribution in [2.45, 2.75) is 39.5 Å². The minimum atomic E-state index is -0.856. The molecule has 5 nitrogen and oxygen atoms in total. The summed E-state index contributed by atoms with van der Waals surface area (Å²) in [6, 6.07) is -0.119. The van der Waals surface area contributed by atoms with E-state index in [1.165, 1.54) is 25.7 Å². The van der Waals surface area contributed by atoms with Gasteiger partial charge in [0.2, 0.25) is 0 Å². The number of hydrogen-bond donors (Lipinski definition) is 2. The molecule has 2 aliphatic carbocycles. The number of hydrogen-bond acceptors (Lipinski definition) is 2. The van der Waals surface area contributed by atoms with Crippen molar-refractivity contribution in [3.8, 4) is 0 Å². The summed E-state index contributed by atoms with van der Waals surface area (Å²) in [5, 5.41) is 11.9. The topological polar surface area (TPSA) is 69.6 Å². The Morgan fingerprint density at radius 2 is 1.80 bits per heavy atom. The van der Waals surface area contributed by atoms with Gasteiger partial charge in [0.15, 0.2) is 0 Å². The minimum Gasteiger partial charge on any atom is -0.481 e. The second kappa shape index (κ2) is 6.46. The van der Waals surface area contributed by atoms with Crippen LogP contribution in [-0.2, 0) is 4.79 Å². The van der Waals surface area contributed by atoms with Gasteiger partial charge in [-0.3, -0.25) is 4.79 Å². The first-order valence-corrected chi connectivity index (χ1v) is 7.78. The number of urea groups is 1. The highest BCUT2D eigenvalue weighted by atomic mass is 16.4. The van der Waals surface area contributed by atoms with Crippen LogP contribution in [0.1, 0.15) is 39.5 Å². The third-order valence-electron chi connectivity index (χ3n) is 4.53. The average Bonchev–Trinajstić information content (AvgIpc) is 3.27. The number of carboxylic acids is 1. The predicted octanol–water partition coefficient (Wildman–Crippen LogP) is 2.17. The Kier molecular flexibility index (Phi) is 4.89. The fourth-order valence-corrected chi connectivity index (χ4v) is 2.85. The number of aliphatic carboxylic acids is 1. The Morgan fingerprint density at radius 3 is 2.20 bits per heavy atom. The number of amides is 2. The zero-order valence-electron chi connectivity index (χ0n) is 12.5. The molecular formula is C15H26N2O3. The van der Waals surface area contributed by atoms with Gasteiger partial charge in [-0.25, -0.2) is 4.79 Å². The number of carboxylic acid groups (broad SMARTS) is 1. The molecule has 20 heavy (non-hydrogen) atoms. The molecule has 0 aliphatic heterocycles.